The molecule has 0 aliphatic heterocycles. The van der Waals surface area contributed by atoms with Crippen LogP contribution < -0.4 is 0 Å². The van der Waals surface area contributed by atoms with Crippen molar-refractivity contribution in [1.29, 1.82) is 0 Å². The van der Waals surface area contributed by atoms with E-state index in [1.54, 1.807) is 11.3 Å². The Hall–Kier alpha value is -0.740. The van der Waals surface area contributed by atoms with Crippen LogP contribution >= 0.6 is 27.3 Å². The van der Waals surface area contributed by atoms with Crippen molar-refractivity contribution in [2.24, 2.45) is 0 Å². The van der Waals surface area contributed by atoms with Crippen molar-refractivity contribution in [2.75, 3.05) is 0 Å². The van der Waals surface area contributed by atoms with Crippen molar-refractivity contribution in [2.45, 2.75) is 6.42 Å². The molecule has 2 rings (SSSR count). The molecule has 0 bridgehead atoms. The maximum absolute atomic E-state index is 4.03. The molecule has 0 unspecified atom stereocenters. The molecule has 0 saturated heterocycles. The van der Waals surface area contributed by atoms with Gasteiger partial charge in [-0.05, 0) is 21.5 Å². The Morgan fingerprint density at radius 2 is 1.92 bits per heavy atom. The van der Waals surface area contributed by atoms with Gasteiger partial charge in [0.05, 0.1) is 0 Å². The molecule has 0 N–H and O–H groups in total. The Bertz CT molecular complexity index is 386. The molecule has 1 heterocycles. The van der Waals surface area contributed by atoms with Crippen LogP contribution in [-0.2, 0) is 6.42 Å². The third-order valence-electron chi connectivity index (χ3n) is 1.64. The second-order valence-electron chi connectivity index (χ2n) is 2.61. The minimum atomic E-state index is 0.846. The maximum atomic E-state index is 4.03. The summed E-state index contributed by atoms with van der Waals surface area (Å²) in [6.45, 7) is 0. The zero-order valence-electron chi connectivity index (χ0n) is 6.77. The van der Waals surface area contributed by atoms with E-state index < -0.39 is 0 Å². The van der Waals surface area contributed by atoms with Gasteiger partial charge in [-0.15, -0.1) is 10.2 Å². The third kappa shape index (κ3) is 2.35. The number of rotatable bonds is 2. The molecule has 0 fully saturated rings. The number of hydrogen-bond donors (Lipinski definition) is 0. The molecule has 0 spiro atoms. The SMILES string of the molecule is Brc1nnc(Cc2ccccc2)s1. The molecule has 2 nitrogen and oxygen atoms in total. The topological polar surface area (TPSA) is 25.8 Å². The van der Waals surface area contributed by atoms with Gasteiger partial charge in [-0.25, -0.2) is 0 Å². The van der Waals surface area contributed by atoms with Gasteiger partial charge < -0.3 is 0 Å². The van der Waals surface area contributed by atoms with E-state index in [4.69, 9.17) is 0 Å². The number of aromatic nitrogens is 2. The molecule has 0 aliphatic carbocycles. The average Bonchev–Trinajstić information content (AvgIpc) is 2.53. The Morgan fingerprint density at radius 3 is 2.54 bits per heavy atom. The lowest BCUT2D eigenvalue weighted by Crippen LogP contribution is -1.85. The van der Waals surface area contributed by atoms with Crippen LogP contribution in [0.2, 0.25) is 0 Å². The molecule has 13 heavy (non-hydrogen) atoms. The number of nitrogens with zero attached hydrogens (tertiary/aromatic N) is 2. The van der Waals surface area contributed by atoms with E-state index in [-0.39, 0.29) is 0 Å². The molecular weight excluding hydrogens is 248 g/mol. The quantitative estimate of drug-likeness (QED) is 0.824. The van der Waals surface area contributed by atoms with Crippen LogP contribution in [0, 0.1) is 0 Å². The first kappa shape index (κ1) is 8.84. The van der Waals surface area contributed by atoms with E-state index in [1.807, 2.05) is 18.2 Å². The summed E-state index contributed by atoms with van der Waals surface area (Å²) in [6, 6.07) is 10.3. The summed E-state index contributed by atoms with van der Waals surface area (Å²) < 4.78 is 0.846. The standard InChI is InChI=1S/C9H7BrN2S/c10-9-12-11-8(13-9)6-7-4-2-1-3-5-7/h1-5H,6H2. The van der Waals surface area contributed by atoms with Crippen LogP contribution in [0.15, 0.2) is 34.2 Å². The molecule has 66 valence electrons. The highest BCUT2D eigenvalue weighted by Gasteiger charge is 2.01. The van der Waals surface area contributed by atoms with Crippen molar-refractivity contribution in [3.8, 4) is 0 Å². The zero-order valence-corrected chi connectivity index (χ0v) is 9.18. The number of benzene rings is 1. The maximum Gasteiger partial charge on any atom is 0.183 e. The van der Waals surface area contributed by atoms with E-state index >= 15 is 0 Å². The minimum absolute atomic E-state index is 0.846. The van der Waals surface area contributed by atoms with Crippen molar-refractivity contribution < 1.29 is 0 Å². The first-order chi connectivity index (χ1) is 6.34. The van der Waals surface area contributed by atoms with Crippen molar-refractivity contribution in [3.05, 3.63) is 44.8 Å². The largest absolute Gasteiger partial charge is 0.183 e. The van der Waals surface area contributed by atoms with E-state index in [2.05, 4.69) is 38.3 Å². The Kier molecular flexibility index (Phi) is 2.71. The lowest BCUT2D eigenvalue weighted by molar-refractivity contribution is 0.993. The van der Waals surface area contributed by atoms with Crippen LogP contribution in [0.5, 0.6) is 0 Å². The normalized spacial score (nSPS) is 10.2. The fraction of sp³-hybridized carbons (Fsp3) is 0.111. The highest BCUT2D eigenvalue weighted by atomic mass is 79.9. The van der Waals surface area contributed by atoms with Gasteiger partial charge >= 0.3 is 0 Å². The summed E-state index contributed by atoms with van der Waals surface area (Å²) >= 11 is 4.87. The van der Waals surface area contributed by atoms with E-state index in [0.29, 0.717) is 0 Å². The van der Waals surface area contributed by atoms with Gasteiger partial charge in [0.15, 0.2) is 3.92 Å². The smallest absolute Gasteiger partial charge is 0.142 e. The molecule has 0 amide bonds. The molecule has 1 aromatic carbocycles. The fourth-order valence-corrected chi connectivity index (χ4v) is 2.31. The van der Waals surface area contributed by atoms with E-state index in [0.717, 1.165) is 15.3 Å². The Labute approximate surface area is 88.8 Å². The summed E-state index contributed by atoms with van der Waals surface area (Å²) in [5.41, 5.74) is 1.27. The molecule has 2 aromatic rings. The lowest BCUT2D eigenvalue weighted by atomic mass is 10.2. The molecule has 0 atom stereocenters. The molecule has 0 aliphatic rings. The summed E-state index contributed by atoms with van der Waals surface area (Å²) in [6.07, 6.45) is 0.865. The lowest BCUT2D eigenvalue weighted by Gasteiger charge is -1.94. The van der Waals surface area contributed by atoms with Gasteiger partial charge in [-0.3, -0.25) is 0 Å². The summed E-state index contributed by atoms with van der Waals surface area (Å²) in [5, 5.41) is 8.97. The molecule has 1 aromatic heterocycles. The zero-order chi connectivity index (χ0) is 9.10. The third-order valence-corrected chi connectivity index (χ3v) is 3.00. The van der Waals surface area contributed by atoms with Crippen molar-refractivity contribution in [1.82, 2.24) is 10.2 Å². The van der Waals surface area contributed by atoms with Gasteiger partial charge in [0.2, 0.25) is 0 Å². The summed E-state index contributed by atoms with van der Waals surface area (Å²) in [5.74, 6) is 0. The van der Waals surface area contributed by atoms with Gasteiger partial charge in [0.25, 0.3) is 0 Å². The summed E-state index contributed by atoms with van der Waals surface area (Å²) in [4.78, 5) is 0. The minimum Gasteiger partial charge on any atom is -0.142 e. The van der Waals surface area contributed by atoms with Gasteiger partial charge in [0.1, 0.15) is 5.01 Å². The monoisotopic (exact) mass is 254 g/mol. The predicted molar refractivity (Wildman–Crippen MR) is 56.9 cm³/mol. The van der Waals surface area contributed by atoms with Crippen LogP contribution in [0.25, 0.3) is 0 Å². The van der Waals surface area contributed by atoms with Gasteiger partial charge in [-0.2, -0.15) is 0 Å². The Morgan fingerprint density at radius 1 is 1.15 bits per heavy atom. The highest BCUT2D eigenvalue weighted by Crippen LogP contribution is 2.18. The van der Waals surface area contributed by atoms with Crippen LogP contribution in [-0.4, -0.2) is 10.2 Å². The first-order valence-corrected chi connectivity index (χ1v) is 5.47. The van der Waals surface area contributed by atoms with Crippen LogP contribution in [0.4, 0.5) is 0 Å². The number of halogens is 1. The molecule has 0 saturated carbocycles. The first-order valence-electron chi connectivity index (χ1n) is 3.86. The second-order valence-corrected chi connectivity index (χ2v) is 4.95. The van der Waals surface area contributed by atoms with Crippen LogP contribution in [0.3, 0.4) is 0 Å². The molecule has 0 radical (unpaired) electrons. The number of hydrogen-bond acceptors (Lipinski definition) is 3. The van der Waals surface area contributed by atoms with Gasteiger partial charge in [-0.1, -0.05) is 41.7 Å². The molecule has 4 heteroatoms. The van der Waals surface area contributed by atoms with Crippen LogP contribution in [0.1, 0.15) is 10.6 Å². The van der Waals surface area contributed by atoms with Crippen molar-refractivity contribution >= 4 is 27.3 Å². The Balaban J connectivity index is 2.15. The highest BCUT2D eigenvalue weighted by molar-refractivity contribution is 9.11. The van der Waals surface area contributed by atoms with E-state index in [1.165, 1.54) is 5.56 Å². The predicted octanol–water partition coefficient (Wildman–Crippen LogP) is 2.89. The van der Waals surface area contributed by atoms with E-state index in [9.17, 15) is 0 Å². The average molecular weight is 255 g/mol. The van der Waals surface area contributed by atoms with Crippen molar-refractivity contribution in [3.63, 3.8) is 0 Å². The summed E-state index contributed by atoms with van der Waals surface area (Å²) in [7, 11) is 0. The van der Waals surface area contributed by atoms with Gasteiger partial charge in [0, 0.05) is 6.42 Å². The molecular formula is C9H7BrN2S. The second kappa shape index (κ2) is 3.98. The fourth-order valence-electron chi connectivity index (χ4n) is 1.08.